The van der Waals surface area contributed by atoms with Crippen LogP contribution in [0.25, 0.3) is 10.9 Å². The van der Waals surface area contributed by atoms with Crippen molar-refractivity contribution in [2.24, 2.45) is 0 Å². The topological polar surface area (TPSA) is 85.7 Å². The van der Waals surface area contributed by atoms with Crippen LogP contribution in [0.3, 0.4) is 0 Å². The van der Waals surface area contributed by atoms with Crippen molar-refractivity contribution >= 4 is 16.7 Å². The zero-order chi connectivity index (χ0) is 27.6. The van der Waals surface area contributed by atoms with Crippen molar-refractivity contribution in [1.82, 2.24) is 9.97 Å². The van der Waals surface area contributed by atoms with Crippen LogP contribution in [-0.2, 0) is 17.2 Å². The van der Waals surface area contributed by atoms with E-state index in [2.05, 4.69) is 20.0 Å². The number of anilines is 1. The van der Waals surface area contributed by atoms with Gasteiger partial charge in [-0.15, -0.1) is 13.2 Å². The first-order valence-electron chi connectivity index (χ1n) is 11.0. The van der Waals surface area contributed by atoms with Gasteiger partial charge in [0.05, 0.1) is 24.8 Å². The van der Waals surface area contributed by atoms with Crippen molar-refractivity contribution in [3.05, 3.63) is 53.1 Å². The molecule has 0 amide bonds. The molecule has 13 heteroatoms. The van der Waals surface area contributed by atoms with Gasteiger partial charge in [0, 0.05) is 23.6 Å². The highest BCUT2D eigenvalue weighted by molar-refractivity contribution is 5.91. The molecule has 0 saturated carbocycles. The predicted octanol–water partition coefficient (Wildman–Crippen LogP) is 5.48. The minimum Gasteiger partial charge on any atom is -0.493 e. The number of fused-ring (bicyclic) bond motifs is 1. The van der Waals surface area contributed by atoms with E-state index in [0.29, 0.717) is 16.7 Å². The fourth-order valence-electron chi connectivity index (χ4n) is 3.44. The van der Waals surface area contributed by atoms with E-state index in [1.165, 1.54) is 31.4 Å². The number of hydrogen-bond acceptors (Lipinski definition) is 7. The van der Waals surface area contributed by atoms with E-state index in [-0.39, 0.29) is 29.4 Å². The van der Waals surface area contributed by atoms with Crippen molar-refractivity contribution in [3.8, 4) is 11.5 Å². The van der Waals surface area contributed by atoms with Gasteiger partial charge in [-0.2, -0.15) is 8.78 Å². The molecule has 202 valence electrons. The van der Waals surface area contributed by atoms with E-state index in [1.54, 1.807) is 6.92 Å². The van der Waals surface area contributed by atoms with Gasteiger partial charge in [-0.1, -0.05) is 12.1 Å². The Morgan fingerprint density at radius 3 is 2.32 bits per heavy atom. The van der Waals surface area contributed by atoms with E-state index < -0.39 is 42.5 Å². The number of aliphatic hydroxyl groups is 1. The maximum atomic E-state index is 15.0. The minimum atomic E-state index is -4.80. The van der Waals surface area contributed by atoms with Crippen molar-refractivity contribution < 1.29 is 45.7 Å². The number of hydrogen-bond donors (Lipinski definition) is 2. The normalized spacial score (nSPS) is 12.6. The number of aromatic nitrogens is 2. The van der Waals surface area contributed by atoms with E-state index in [9.17, 15) is 27.1 Å². The van der Waals surface area contributed by atoms with Gasteiger partial charge < -0.3 is 19.9 Å². The summed E-state index contributed by atoms with van der Waals surface area (Å²) in [6.45, 7) is 1.91. The first kappa shape index (κ1) is 28.3. The van der Waals surface area contributed by atoms with Crippen molar-refractivity contribution in [2.75, 3.05) is 25.6 Å². The molecule has 0 bridgehead atoms. The number of methoxy groups -OCH3 is 1. The van der Waals surface area contributed by atoms with E-state index >= 15 is 4.39 Å². The Morgan fingerprint density at radius 1 is 1.00 bits per heavy atom. The zero-order valence-electron chi connectivity index (χ0n) is 20.3. The second-order valence-electron chi connectivity index (χ2n) is 8.55. The van der Waals surface area contributed by atoms with E-state index in [1.807, 2.05) is 0 Å². The summed E-state index contributed by atoms with van der Waals surface area (Å²) < 4.78 is 95.2. The second-order valence-corrected chi connectivity index (χ2v) is 8.55. The molecule has 3 rings (SSSR count). The van der Waals surface area contributed by atoms with Gasteiger partial charge in [-0.05, 0) is 32.9 Å². The number of halogens is 6. The average molecular weight is 533 g/mol. The van der Waals surface area contributed by atoms with Crippen LogP contribution in [0.15, 0.2) is 30.3 Å². The van der Waals surface area contributed by atoms with Gasteiger partial charge in [0.15, 0.2) is 11.5 Å². The summed E-state index contributed by atoms with van der Waals surface area (Å²) in [5.41, 5.74) is -3.18. The number of benzene rings is 2. The first-order chi connectivity index (χ1) is 17.1. The second kappa shape index (κ2) is 10.6. The van der Waals surface area contributed by atoms with Crippen LogP contribution < -0.4 is 14.8 Å². The molecular formula is C24H25F6N3O4. The summed E-state index contributed by atoms with van der Waals surface area (Å²) in [7, 11) is 1.34. The molecule has 0 atom stereocenters. The molecule has 2 N–H and O–H groups in total. The molecule has 0 aliphatic heterocycles. The van der Waals surface area contributed by atoms with Gasteiger partial charge >= 0.3 is 12.3 Å². The summed E-state index contributed by atoms with van der Waals surface area (Å²) in [6.07, 6.45) is -4.80. The standard InChI is InChI=1S/C24H25F6N3O4/c1-13-32-17-11-18(35-4)19(36-8-9-37-24(28,29)30)10-15(17)21(33-13)31-12-14-6-5-7-16(20(14)25)23(26,27)22(2,3)34/h5-7,10-11,34H,8-9,12H2,1-4H3,(H,31,32,33). The van der Waals surface area contributed by atoms with E-state index in [4.69, 9.17) is 9.47 Å². The number of alkyl halides is 5. The lowest BCUT2D eigenvalue weighted by Gasteiger charge is -2.30. The lowest BCUT2D eigenvalue weighted by molar-refractivity contribution is -0.325. The predicted molar refractivity (Wildman–Crippen MR) is 122 cm³/mol. The van der Waals surface area contributed by atoms with Crippen LogP contribution in [0.4, 0.5) is 32.2 Å². The molecule has 3 aromatic rings. The molecule has 7 nitrogen and oxygen atoms in total. The third-order valence-corrected chi connectivity index (χ3v) is 5.33. The molecule has 1 heterocycles. The molecule has 0 unspecified atom stereocenters. The highest BCUT2D eigenvalue weighted by Crippen LogP contribution is 2.40. The van der Waals surface area contributed by atoms with Gasteiger partial charge in [0.25, 0.3) is 0 Å². The molecule has 0 aliphatic carbocycles. The quantitative estimate of drug-likeness (QED) is 0.264. The van der Waals surface area contributed by atoms with Crippen LogP contribution in [0.5, 0.6) is 11.5 Å². The Morgan fingerprint density at radius 2 is 1.70 bits per heavy atom. The summed E-state index contributed by atoms with van der Waals surface area (Å²) in [4.78, 5) is 8.58. The first-order valence-corrected chi connectivity index (χ1v) is 11.0. The number of rotatable bonds is 10. The monoisotopic (exact) mass is 533 g/mol. The summed E-state index contributed by atoms with van der Waals surface area (Å²) >= 11 is 0. The van der Waals surface area contributed by atoms with Crippen LogP contribution in [-0.4, -0.2) is 47.4 Å². The maximum absolute atomic E-state index is 15.0. The summed E-state index contributed by atoms with van der Waals surface area (Å²) in [5, 5.41) is 13.1. The smallest absolute Gasteiger partial charge is 0.493 e. The Balaban J connectivity index is 1.91. The molecule has 0 saturated heterocycles. The van der Waals surface area contributed by atoms with Gasteiger partial charge in [-0.25, -0.2) is 14.4 Å². The molecule has 0 aliphatic rings. The molecule has 2 aromatic carbocycles. The summed E-state index contributed by atoms with van der Waals surface area (Å²) in [5.74, 6) is -4.25. The van der Waals surface area contributed by atoms with E-state index in [0.717, 1.165) is 19.9 Å². The minimum absolute atomic E-state index is 0.0780. The van der Waals surface area contributed by atoms with Crippen molar-refractivity contribution in [2.45, 2.75) is 45.2 Å². The van der Waals surface area contributed by atoms with Crippen molar-refractivity contribution in [1.29, 1.82) is 0 Å². The number of nitrogens with zero attached hydrogens (tertiary/aromatic N) is 2. The zero-order valence-corrected chi connectivity index (χ0v) is 20.3. The van der Waals surface area contributed by atoms with Crippen LogP contribution in [0.2, 0.25) is 0 Å². The fourth-order valence-corrected chi connectivity index (χ4v) is 3.44. The lowest BCUT2D eigenvalue weighted by Crippen LogP contribution is -2.41. The Labute approximate surface area is 208 Å². The molecule has 37 heavy (non-hydrogen) atoms. The van der Waals surface area contributed by atoms with Gasteiger partial charge in [0.1, 0.15) is 29.7 Å². The highest BCUT2D eigenvalue weighted by atomic mass is 19.4. The Kier molecular flexibility index (Phi) is 8.08. The lowest BCUT2D eigenvalue weighted by atomic mass is 9.92. The van der Waals surface area contributed by atoms with Crippen LogP contribution in [0, 0.1) is 12.7 Å². The maximum Gasteiger partial charge on any atom is 0.522 e. The molecular weight excluding hydrogens is 508 g/mol. The molecule has 1 aromatic heterocycles. The molecule has 0 spiro atoms. The van der Waals surface area contributed by atoms with Crippen LogP contribution in [0.1, 0.15) is 30.8 Å². The molecule has 0 fully saturated rings. The fraction of sp³-hybridized carbons (Fsp3) is 0.417. The average Bonchev–Trinajstić information content (AvgIpc) is 2.79. The third kappa shape index (κ3) is 6.52. The molecule has 0 radical (unpaired) electrons. The summed E-state index contributed by atoms with van der Waals surface area (Å²) in [6, 6.07) is 6.37. The Hall–Kier alpha value is -3.32. The third-order valence-electron chi connectivity index (χ3n) is 5.33. The largest absolute Gasteiger partial charge is 0.522 e. The van der Waals surface area contributed by atoms with Gasteiger partial charge in [-0.3, -0.25) is 4.74 Å². The van der Waals surface area contributed by atoms with Crippen molar-refractivity contribution in [3.63, 3.8) is 0 Å². The number of nitrogens with one attached hydrogen (secondary N) is 1. The van der Waals surface area contributed by atoms with Gasteiger partial charge in [0.2, 0.25) is 0 Å². The SMILES string of the molecule is COc1cc2nc(C)nc(NCc3cccc(C(F)(F)C(C)(C)O)c3F)c2cc1OCCOC(F)(F)F. The van der Waals surface area contributed by atoms with Crippen LogP contribution >= 0.6 is 0 Å². The number of aryl methyl sites for hydroxylation is 1. The Bertz CT molecular complexity index is 1260. The number of ether oxygens (including phenoxy) is 3. The highest BCUT2D eigenvalue weighted by Gasteiger charge is 2.49.